The fourth-order valence-corrected chi connectivity index (χ4v) is 2.16. The Hall–Kier alpha value is -2.10. The highest BCUT2D eigenvalue weighted by Gasteiger charge is 2.35. The first-order valence-electron chi connectivity index (χ1n) is 5.67. The molecule has 1 aromatic rings. The largest absolute Gasteiger partial charge is 0.466 e. The van der Waals surface area contributed by atoms with Crippen molar-refractivity contribution in [2.75, 3.05) is 0 Å². The lowest BCUT2D eigenvalue weighted by atomic mass is 9.97. The first-order chi connectivity index (χ1) is 8.45. The standard InChI is InChI=1S/C14H14O4/c1-5-10-12(14(16)18-13(10)15)8(3)11-6-7(2)17-9(11)4/h5-6H,1-4H3/b10-5-,12-8?. The molecule has 0 amide bonds. The number of cyclic esters (lactones) is 2. The molecule has 0 spiro atoms. The van der Waals surface area contributed by atoms with Crippen molar-refractivity contribution in [2.24, 2.45) is 0 Å². The molecule has 1 saturated heterocycles. The Morgan fingerprint density at radius 1 is 1.22 bits per heavy atom. The van der Waals surface area contributed by atoms with Crippen molar-refractivity contribution in [2.45, 2.75) is 27.7 Å². The van der Waals surface area contributed by atoms with Crippen molar-refractivity contribution < 1.29 is 18.7 Å². The van der Waals surface area contributed by atoms with Gasteiger partial charge in [-0.15, -0.1) is 0 Å². The summed E-state index contributed by atoms with van der Waals surface area (Å²) in [7, 11) is 0. The van der Waals surface area contributed by atoms with E-state index in [1.165, 1.54) is 0 Å². The second-order valence-electron chi connectivity index (χ2n) is 4.21. The van der Waals surface area contributed by atoms with Gasteiger partial charge in [0.2, 0.25) is 0 Å². The summed E-state index contributed by atoms with van der Waals surface area (Å²) in [6, 6.07) is 1.85. The smallest absolute Gasteiger partial charge is 0.347 e. The molecule has 0 N–H and O–H groups in total. The minimum atomic E-state index is -0.594. The van der Waals surface area contributed by atoms with Gasteiger partial charge >= 0.3 is 11.9 Å². The van der Waals surface area contributed by atoms with Crippen LogP contribution in [-0.4, -0.2) is 11.9 Å². The van der Waals surface area contributed by atoms with Gasteiger partial charge in [0.1, 0.15) is 11.5 Å². The molecule has 0 aliphatic carbocycles. The van der Waals surface area contributed by atoms with Crippen LogP contribution in [0.15, 0.2) is 27.7 Å². The van der Waals surface area contributed by atoms with Gasteiger partial charge in [0, 0.05) is 5.56 Å². The number of hydrogen-bond acceptors (Lipinski definition) is 4. The van der Waals surface area contributed by atoms with Crippen molar-refractivity contribution in [1.29, 1.82) is 0 Å². The van der Waals surface area contributed by atoms with Crippen LogP contribution in [-0.2, 0) is 14.3 Å². The zero-order chi connectivity index (χ0) is 13.4. The maximum absolute atomic E-state index is 11.7. The van der Waals surface area contributed by atoms with E-state index in [-0.39, 0.29) is 0 Å². The summed E-state index contributed by atoms with van der Waals surface area (Å²) in [5.74, 6) is 0.306. The van der Waals surface area contributed by atoms with Crippen LogP contribution in [0.4, 0.5) is 0 Å². The SMILES string of the molecule is C/C=C1\C(=O)OC(=O)C1=C(C)c1cc(C)oc1C. The third kappa shape index (κ3) is 1.79. The number of aryl methyl sites for hydroxylation is 2. The number of carbonyl (C=O) groups excluding carboxylic acids is 2. The average Bonchev–Trinajstić information content (AvgIpc) is 2.77. The molecule has 0 atom stereocenters. The van der Waals surface area contributed by atoms with Gasteiger partial charge < -0.3 is 9.15 Å². The lowest BCUT2D eigenvalue weighted by Gasteiger charge is -2.02. The summed E-state index contributed by atoms with van der Waals surface area (Å²) in [6.07, 6.45) is 1.59. The van der Waals surface area contributed by atoms with E-state index in [1.807, 2.05) is 19.9 Å². The molecule has 0 radical (unpaired) electrons. The third-order valence-corrected chi connectivity index (χ3v) is 2.99. The van der Waals surface area contributed by atoms with Gasteiger partial charge in [-0.2, -0.15) is 0 Å². The number of allylic oxidation sites excluding steroid dienone is 2. The quantitative estimate of drug-likeness (QED) is 0.434. The summed E-state index contributed by atoms with van der Waals surface area (Å²) in [5, 5.41) is 0. The Kier molecular flexibility index (Phi) is 2.95. The van der Waals surface area contributed by atoms with E-state index in [0.717, 1.165) is 17.1 Å². The maximum Gasteiger partial charge on any atom is 0.347 e. The Morgan fingerprint density at radius 3 is 2.39 bits per heavy atom. The van der Waals surface area contributed by atoms with Crippen LogP contribution in [0.1, 0.15) is 30.9 Å². The van der Waals surface area contributed by atoms with Crippen molar-refractivity contribution in [3.63, 3.8) is 0 Å². The van der Waals surface area contributed by atoms with Gasteiger partial charge in [-0.05, 0) is 39.3 Å². The molecule has 1 aliphatic rings. The number of ether oxygens (including phenoxy) is 1. The molecule has 4 heteroatoms. The Balaban J connectivity index is 2.63. The topological polar surface area (TPSA) is 56.5 Å². The average molecular weight is 246 g/mol. The van der Waals surface area contributed by atoms with Gasteiger partial charge in [-0.1, -0.05) is 6.08 Å². The van der Waals surface area contributed by atoms with Crippen molar-refractivity contribution in [3.05, 3.63) is 40.4 Å². The summed E-state index contributed by atoms with van der Waals surface area (Å²) < 4.78 is 10.1. The molecule has 1 aromatic heterocycles. The molecule has 2 heterocycles. The predicted octanol–water partition coefficient (Wildman–Crippen LogP) is 2.70. The Bertz CT molecular complexity index is 599. The molecule has 0 unspecified atom stereocenters. The highest BCUT2D eigenvalue weighted by molar-refractivity contribution is 6.21. The first-order valence-corrected chi connectivity index (χ1v) is 5.67. The van der Waals surface area contributed by atoms with Crippen molar-refractivity contribution in [1.82, 2.24) is 0 Å². The second kappa shape index (κ2) is 4.29. The maximum atomic E-state index is 11.7. The number of carbonyl (C=O) groups is 2. The van der Waals surface area contributed by atoms with E-state index in [0.29, 0.717) is 16.7 Å². The molecule has 18 heavy (non-hydrogen) atoms. The lowest BCUT2D eigenvalue weighted by molar-refractivity contribution is -0.149. The van der Waals surface area contributed by atoms with E-state index in [4.69, 9.17) is 4.42 Å². The second-order valence-corrected chi connectivity index (χ2v) is 4.21. The van der Waals surface area contributed by atoms with Gasteiger partial charge in [-0.3, -0.25) is 0 Å². The molecule has 1 aliphatic heterocycles. The van der Waals surface area contributed by atoms with Crippen molar-refractivity contribution >= 4 is 17.5 Å². The number of rotatable bonds is 1. The van der Waals surface area contributed by atoms with Crippen LogP contribution in [0, 0.1) is 13.8 Å². The molecular weight excluding hydrogens is 232 g/mol. The molecule has 0 saturated carbocycles. The van der Waals surface area contributed by atoms with Gasteiger partial charge in [0.15, 0.2) is 0 Å². The van der Waals surface area contributed by atoms with Crippen LogP contribution >= 0.6 is 0 Å². The van der Waals surface area contributed by atoms with Gasteiger partial charge in [-0.25, -0.2) is 9.59 Å². The monoisotopic (exact) mass is 246 g/mol. The van der Waals surface area contributed by atoms with Crippen LogP contribution in [0.25, 0.3) is 5.57 Å². The van der Waals surface area contributed by atoms with Crippen LogP contribution < -0.4 is 0 Å². The molecule has 2 rings (SSSR count). The summed E-state index contributed by atoms with van der Waals surface area (Å²) in [6.45, 7) is 7.15. The highest BCUT2D eigenvalue weighted by atomic mass is 16.6. The Morgan fingerprint density at radius 2 is 1.89 bits per heavy atom. The van der Waals surface area contributed by atoms with E-state index < -0.39 is 11.9 Å². The fourth-order valence-electron chi connectivity index (χ4n) is 2.16. The molecule has 94 valence electrons. The third-order valence-electron chi connectivity index (χ3n) is 2.99. The van der Waals surface area contributed by atoms with E-state index in [9.17, 15) is 9.59 Å². The molecule has 0 aromatic carbocycles. The molecular formula is C14H14O4. The fraction of sp³-hybridized carbons (Fsp3) is 0.286. The number of hydrogen-bond donors (Lipinski definition) is 0. The van der Waals surface area contributed by atoms with Crippen LogP contribution in [0.5, 0.6) is 0 Å². The highest BCUT2D eigenvalue weighted by Crippen LogP contribution is 2.32. The van der Waals surface area contributed by atoms with Gasteiger partial charge in [0.05, 0.1) is 11.1 Å². The Labute approximate surface area is 105 Å². The van der Waals surface area contributed by atoms with E-state index in [2.05, 4.69) is 4.74 Å². The zero-order valence-electron chi connectivity index (χ0n) is 10.8. The van der Waals surface area contributed by atoms with Crippen LogP contribution in [0.2, 0.25) is 0 Å². The minimum Gasteiger partial charge on any atom is -0.466 e. The van der Waals surface area contributed by atoms with E-state index in [1.54, 1.807) is 19.9 Å². The van der Waals surface area contributed by atoms with E-state index >= 15 is 0 Å². The normalized spacial score (nSPS) is 20.6. The van der Waals surface area contributed by atoms with Gasteiger partial charge in [0.25, 0.3) is 0 Å². The van der Waals surface area contributed by atoms with Crippen LogP contribution in [0.3, 0.4) is 0 Å². The minimum absolute atomic E-state index is 0.316. The molecule has 0 bridgehead atoms. The number of furan rings is 1. The summed E-state index contributed by atoms with van der Waals surface area (Å²) in [5.41, 5.74) is 2.17. The molecule has 1 fully saturated rings. The predicted molar refractivity (Wildman–Crippen MR) is 65.6 cm³/mol. The zero-order valence-corrected chi connectivity index (χ0v) is 10.8. The van der Waals surface area contributed by atoms with Crippen molar-refractivity contribution in [3.8, 4) is 0 Å². The summed E-state index contributed by atoms with van der Waals surface area (Å²) >= 11 is 0. The lowest BCUT2D eigenvalue weighted by Crippen LogP contribution is -1.99. The summed E-state index contributed by atoms with van der Waals surface area (Å²) in [4.78, 5) is 23.2. The first kappa shape index (κ1) is 12.4. The number of esters is 2. The molecule has 4 nitrogen and oxygen atoms in total.